The van der Waals surface area contributed by atoms with E-state index in [9.17, 15) is 4.39 Å². The number of nitrogens with zero attached hydrogens (tertiary/aromatic N) is 2. The van der Waals surface area contributed by atoms with Crippen LogP contribution in [0.1, 0.15) is 46.9 Å². The topological polar surface area (TPSA) is 86.6 Å². The fraction of sp³-hybridized carbons (Fsp3) is 0.562. The molecule has 1 aliphatic heterocycles. The van der Waals surface area contributed by atoms with E-state index >= 15 is 0 Å². The summed E-state index contributed by atoms with van der Waals surface area (Å²) in [6.45, 7) is 2.99. The Morgan fingerprint density at radius 3 is 2.86 bits per heavy atom. The predicted molar refractivity (Wildman–Crippen MR) is 89.6 cm³/mol. The molecule has 0 saturated carbocycles. The molecule has 5 nitrogen and oxygen atoms in total. The van der Waals surface area contributed by atoms with Crippen LogP contribution in [0.2, 0.25) is 0 Å². The maximum Gasteiger partial charge on any atom is 0.148 e. The predicted octanol–water partition coefficient (Wildman–Crippen LogP) is 3.87. The van der Waals surface area contributed by atoms with Crippen LogP contribution >= 0.6 is 0 Å². The molecule has 0 bridgehead atoms. The van der Waals surface area contributed by atoms with Crippen molar-refractivity contribution in [3.8, 4) is 0 Å². The lowest BCUT2D eigenvalue weighted by Gasteiger charge is -2.32. The molecule has 0 amide bonds. The number of rotatable bonds is 5. The molecule has 0 unspecified atom stereocenters. The Balaban J connectivity index is 0.00000264. The van der Waals surface area contributed by atoms with Gasteiger partial charge in [0.1, 0.15) is 11.7 Å². The van der Waals surface area contributed by atoms with E-state index in [1.54, 1.807) is 0 Å². The highest BCUT2D eigenvalue weighted by atomic mass is 19.1. The van der Waals surface area contributed by atoms with E-state index in [1.165, 1.54) is 17.7 Å². The van der Waals surface area contributed by atoms with Crippen molar-refractivity contribution in [3.05, 3.63) is 35.6 Å². The van der Waals surface area contributed by atoms with Gasteiger partial charge in [-0.05, 0) is 55.8 Å². The zero-order valence-electron chi connectivity index (χ0n) is 12.9. The molecule has 1 aromatic carbocycles. The fourth-order valence-electron chi connectivity index (χ4n) is 3.18. The quantitative estimate of drug-likeness (QED) is 0.253. The first kappa shape index (κ1) is 16.5. The molecule has 0 aliphatic carbocycles. The molecule has 2 rings (SSSR count). The smallest absolute Gasteiger partial charge is 0.148 e. The summed E-state index contributed by atoms with van der Waals surface area (Å²) in [4.78, 5) is 0. The van der Waals surface area contributed by atoms with Crippen molar-refractivity contribution in [3.63, 3.8) is 0 Å². The van der Waals surface area contributed by atoms with Gasteiger partial charge in [0.15, 0.2) is 0 Å². The average Bonchev–Trinajstić information content (AvgIpc) is 2.53. The normalized spacial score (nSPS) is 23.5. The van der Waals surface area contributed by atoms with Crippen molar-refractivity contribution in [1.82, 2.24) is 5.32 Å². The Hall–Kier alpha value is -1.82. The maximum absolute atomic E-state index is 13.0. The molecule has 1 fully saturated rings. The van der Waals surface area contributed by atoms with Crippen LogP contribution in [0.25, 0.3) is 0 Å². The van der Waals surface area contributed by atoms with Gasteiger partial charge in [0.25, 0.3) is 0 Å². The van der Waals surface area contributed by atoms with E-state index in [2.05, 4.69) is 15.7 Å². The van der Waals surface area contributed by atoms with Crippen LogP contribution < -0.4 is 11.2 Å². The Labute approximate surface area is 133 Å². The Bertz CT molecular complexity index is 524. The van der Waals surface area contributed by atoms with E-state index in [4.69, 9.17) is 11.3 Å². The van der Waals surface area contributed by atoms with Gasteiger partial charge in [-0.2, -0.15) is 0 Å². The van der Waals surface area contributed by atoms with E-state index in [0.717, 1.165) is 32.2 Å². The maximum atomic E-state index is 13.0. The van der Waals surface area contributed by atoms with Crippen LogP contribution in [-0.4, -0.2) is 18.4 Å². The summed E-state index contributed by atoms with van der Waals surface area (Å²) in [7, 11) is 0. The van der Waals surface area contributed by atoms with Gasteiger partial charge in [-0.3, -0.25) is 5.41 Å². The summed E-state index contributed by atoms with van der Waals surface area (Å²) < 4.78 is 13.0. The lowest BCUT2D eigenvalue weighted by Crippen LogP contribution is -2.39. The minimum Gasteiger partial charge on any atom is -0.314 e. The molecule has 22 heavy (non-hydrogen) atoms. The summed E-state index contributed by atoms with van der Waals surface area (Å²) in [5, 5.41) is 18.3. The lowest BCUT2D eigenvalue weighted by atomic mass is 9.82. The number of benzene rings is 1. The molecule has 4 N–H and O–H groups in total. The molecular formula is C16H28FN5. The molecule has 0 spiro atoms. The van der Waals surface area contributed by atoms with Crippen molar-refractivity contribution >= 4 is 5.84 Å². The minimum atomic E-state index is -0.194. The molecule has 3 atom stereocenters. The first-order valence-corrected chi connectivity index (χ1v) is 7.82. The fourth-order valence-corrected chi connectivity index (χ4v) is 3.18. The van der Waals surface area contributed by atoms with Gasteiger partial charge in [0.2, 0.25) is 0 Å². The molecule has 1 saturated heterocycles. The van der Waals surface area contributed by atoms with Gasteiger partial charge >= 0.3 is 0 Å². The summed E-state index contributed by atoms with van der Waals surface area (Å²) >= 11 is 0. The Kier molecular flexibility index (Phi) is 6.00. The first-order chi connectivity index (χ1) is 10.6. The van der Waals surface area contributed by atoms with Gasteiger partial charge < -0.3 is 11.2 Å². The van der Waals surface area contributed by atoms with E-state index in [0.29, 0.717) is 12.0 Å². The number of nitrogens with two attached hydrogens (primary N) is 1. The van der Waals surface area contributed by atoms with Crippen LogP contribution in [0.5, 0.6) is 0 Å². The minimum absolute atomic E-state index is 0. The third-order valence-corrected chi connectivity index (χ3v) is 4.45. The van der Waals surface area contributed by atoms with Crippen LogP contribution in [0.15, 0.2) is 34.6 Å². The molecule has 0 aromatic heterocycles. The molecule has 1 aromatic rings. The zero-order valence-corrected chi connectivity index (χ0v) is 12.9. The monoisotopic (exact) mass is 309 g/mol. The average molecular weight is 309 g/mol. The standard InChI is InChI=1S/C16H24FN5.2H2/c1-2-11(16(18)21-22-19)9-15-10-13(7-8-20-15)12-3-5-14(17)6-4-12;;/h3-6,11,13,15,20H,2,7-10H2,1H3,(H3,18,19,21);2*1H/t11-,13-,15+;;/m1../s1. The van der Waals surface area contributed by atoms with E-state index < -0.39 is 0 Å². The summed E-state index contributed by atoms with van der Waals surface area (Å²) in [6, 6.07) is 7.15. The van der Waals surface area contributed by atoms with Gasteiger partial charge in [-0.25, -0.2) is 4.39 Å². The third-order valence-electron chi connectivity index (χ3n) is 4.45. The summed E-state index contributed by atoms with van der Waals surface area (Å²) in [5.41, 5.74) is 1.19. The summed E-state index contributed by atoms with van der Waals surface area (Å²) in [6.07, 6.45) is 3.75. The number of halogens is 1. The second kappa shape index (κ2) is 7.98. The second-order valence-corrected chi connectivity index (χ2v) is 5.87. The van der Waals surface area contributed by atoms with Gasteiger partial charge in [-0.15, -0.1) is 5.11 Å². The second-order valence-electron chi connectivity index (χ2n) is 5.87. The molecular weight excluding hydrogens is 281 g/mol. The Morgan fingerprint density at radius 2 is 2.23 bits per heavy atom. The largest absolute Gasteiger partial charge is 0.314 e. The number of hydrogen-bond acceptors (Lipinski definition) is 3. The van der Waals surface area contributed by atoms with Gasteiger partial charge in [0.05, 0.1) is 0 Å². The van der Waals surface area contributed by atoms with Crippen LogP contribution in [0.3, 0.4) is 0 Å². The number of hydrogen-bond donors (Lipinski definition) is 3. The number of amidine groups is 1. The van der Waals surface area contributed by atoms with E-state index in [1.807, 2.05) is 19.1 Å². The highest BCUT2D eigenvalue weighted by Gasteiger charge is 2.26. The first-order valence-electron chi connectivity index (χ1n) is 7.82. The van der Waals surface area contributed by atoms with Crippen molar-refractivity contribution in [2.24, 2.45) is 22.1 Å². The Morgan fingerprint density at radius 1 is 1.50 bits per heavy atom. The molecule has 1 aliphatic rings. The lowest BCUT2D eigenvalue weighted by molar-refractivity contribution is 0.324. The highest BCUT2D eigenvalue weighted by Crippen LogP contribution is 2.30. The SMILES string of the molecule is CC[C@H](C[C@H]1C[C@H](c2ccc(F)cc2)CCN1)C(=N)N=NN.[HH].[HH]. The van der Waals surface area contributed by atoms with Crippen molar-refractivity contribution in [2.75, 3.05) is 6.54 Å². The molecule has 1 heterocycles. The third kappa shape index (κ3) is 4.34. The zero-order chi connectivity index (χ0) is 15.9. The van der Waals surface area contributed by atoms with Crippen molar-refractivity contribution < 1.29 is 7.24 Å². The molecule has 124 valence electrons. The van der Waals surface area contributed by atoms with Crippen molar-refractivity contribution in [1.29, 1.82) is 5.41 Å². The molecule has 0 radical (unpaired) electrons. The van der Waals surface area contributed by atoms with E-state index in [-0.39, 0.29) is 20.4 Å². The summed E-state index contributed by atoms with van der Waals surface area (Å²) in [5.74, 6) is 5.59. The van der Waals surface area contributed by atoms with Gasteiger partial charge in [0, 0.05) is 14.8 Å². The number of piperidine rings is 1. The molecule has 6 heteroatoms. The van der Waals surface area contributed by atoms with Crippen LogP contribution in [-0.2, 0) is 0 Å². The van der Waals surface area contributed by atoms with Crippen LogP contribution in [0.4, 0.5) is 4.39 Å². The number of nitrogens with one attached hydrogen (secondary N) is 2. The highest BCUT2D eigenvalue weighted by molar-refractivity contribution is 5.81. The van der Waals surface area contributed by atoms with Crippen molar-refractivity contribution in [2.45, 2.75) is 44.6 Å². The van der Waals surface area contributed by atoms with Crippen LogP contribution in [0, 0.1) is 17.1 Å². The van der Waals surface area contributed by atoms with Gasteiger partial charge in [-0.1, -0.05) is 24.3 Å².